The van der Waals surface area contributed by atoms with E-state index in [0.717, 1.165) is 12.1 Å². The van der Waals surface area contributed by atoms with Crippen LogP contribution in [0.25, 0.3) is 0 Å². The lowest BCUT2D eigenvalue weighted by atomic mass is 10.1. The van der Waals surface area contributed by atoms with Crippen molar-refractivity contribution >= 4 is 7.60 Å². The fourth-order valence-electron chi connectivity index (χ4n) is 2.62. The maximum absolute atomic E-state index is 13.8. The summed E-state index contributed by atoms with van der Waals surface area (Å²) in [4.78, 5) is 10.7. The molecule has 0 radical (unpaired) electrons. The highest BCUT2D eigenvalue weighted by Gasteiger charge is 2.44. The molecule has 0 bridgehead atoms. The van der Waals surface area contributed by atoms with Crippen molar-refractivity contribution in [3.63, 3.8) is 0 Å². The highest BCUT2D eigenvalue weighted by Crippen LogP contribution is 2.60. The van der Waals surface area contributed by atoms with Gasteiger partial charge in [0.15, 0.2) is 5.66 Å². The van der Waals surface area contributed by atoms with Gasteiger partial charge in [0.1, 0.15) is 17.3 Å². The van der Waals surface area contributed by atoms with Crippen LogP contribution < -0.4 is 9.05 Å². The van der Waals surface area contributed by atoms with E-state index >= 15 is 0 Å². The van der Waals surface area contributed by atoms with Crippen LogP contribution in [0.4, 0.5) is 4.39 Å². The first-order chi connectivity index (χ1) is 13.5. The Morgan fingerprint density at radius 1 is 0.857 bits per heavy atom. The average Bonchev–Trinajstić information content (AvgIpc) is 2.68. The third kappa shape index (κ3) is 4.96. The molecule has 144 valence electrons. The van der Waals surface area contributed by atoms with Crippen LogP contribution >= 0.6 is 7.60 Å². The zero-order chi connectivity index (χ0) is 20.0. The predicted octanol–water partition coefficient (Wildman–Crippen LogP) is 5.49. The first-order valence-corrected chi connectivity index (χ1v) is 10.0. The molecule has 0 aliphatic carbocycles. The molecule has 3 rings (SSSR count). The molecule has 0 N–H and O–H groups in total. The predicted molar refractivity (Wildman–Crippen MR) is 103 cm³/mol. The Balaban J connectivity index is 2.06. The summed E-state index contributed by atoms with van der Waals surface area (Å²) in [5.41, 5.74) is -0.947. The van der Waals surface area contributed by atoms with Crippen LogP contribution in [0.5, 0.6) is 11.5 Å². The molecular weight excluding hydrogens is 384 g/mol. The van der Waals surface area contributed by atoms with E-state index in [1.807, 2.05) is 0 Å². The van der Waals surface area contributed by atoms with Gasteiger partial charge < -0.3 is 9.05 Å². The minimum Gasteiger partial charge on any atom is -0.415 e. The lowest BCUT2D eigenvalue weighted by Gasteiger charge is -2.25. The molecule has 0 saturated carbocycles. The molecule has 0 amide bonds. The second-order valence-corrected chi connectivity index (χ2v) is 8.00. The Kier molecular flexibility index (Phi) is 6.06. The Morgan fingerprint density at radius 2 is 1.32 bits per heavy atom. The normalized spacial score (nSPS) is 12.2. The van der Waals surface area contributed by atoms with Gasteiger partial charge >= 0.3 is 7.60 Å². The molecule has 8 heteroatoms. The summed E-state index contributed by atoms with van der Waals surface area (Å²) in [5.74, 6) is -0.0131. The van der Waals surface area contributed by atoms with Gasteiger partial charge in [0.25, 0.3) is 0 Å². The molecule has 28 heavy (non-hydrogen) atoms. The molecule has 0 aliphatic heterocycles. The summed E-state index contributed by atoms with van der Waals surface area (Å²) in [6, 6.07) is 21.5. The zero-order valence-electron chi connectivity index (χ0n) is 14.7. The lowest BCUT2D eigenvalue weighted by Crippen LogP contribution is -2.18. The molecule has 3 aromatic rings. The number of halogens is 1. The van der Waals surface area contributed by atoms with Gasteiger partial charge in [-0.05, 0) is 42.0 Å². The fraction of sp³-hybridized carbons (Fsp3) is 0.100. The maximum Gasteiger partial charge on any atom is 0.444 e. The van der Waals surface area contributed by atoms with Crippen molar-refractivity contribution in [2.45, 2.75) is 5.66 Å². The highest BCUT2D eigenvalue weighted by atomic mass is 31.2. The van der Waals surface area contributed by atoms with Crippen molar-refractivity contribution in [2.24, 2.45) is 0 Å². The van der Waals surface area contributed by atoms with Gasteiger partial charge in [-0.2, -0.15) is 0 Å². The first kappa shape index (κ1) is 19.6. The third-order valence-electron chi connectivity index (χ3n) is 3.91. The average molecular weight is 401 g/mol. The largest absolute Gasteiger partial charge is 0.444 e. The third-order valence-corrected chi connectivity index (χ3v) is 6.07. The number of para-hydroxylation sites is 2. The van der Waals surface area contributed by atoms with Crippen LogP contribution in [-0.2, 0) is 4.57 Å². The number of nitrogens with zero attached hydrogens (tertiary/aromatic N) is 1. The van der Waals surface area contributed by atoms with E-state index in [0.29, 0.717) is 0 Å². The van der Waals surface area contributed by atoms with Gasteiger partial charge in [-0.1, -0.05) is 48.5 Å². The summed E-state index contributed by atoms with van der Waals surface area (Å²) < 4.78 is 38.5. The standard InChI is InChI=1S/C20H17FNO5P/c21-17-13-11-16(12-14-17)20(15-22(23)24)28(25,26-18-7-3-1-4-8-18)27-19-9-5-2-6-10-19/h1-14,20H,15H2. The molecule has 3 aromatic carbocycles. The minimum atomic E-state index is -4.13. The van der Waals surface area contributed by atoms with Crippen molar-refractivity contribution in [1.29, 1.82) is 0 Å². The number of hydrogen-bond acceptors (Lipinski definition) is 5. The van der Waals surface area contributed by atoms with Crippen LogP contribution in [0, 0.1) is 15.9 Å². The van der Waals surface area contributed by atoms with E-state index < -0.39 is 30.5 Å². The molecule has 0 fully saturated rings. The summed E-state index contributed by atoms with van der Waals surface area (Å²) in [7, 11) is -4.13. The number of benzene rings is 3. The summed E-state index contributed by atoms with van der Waals surface area (Å²) in [6.07, 6.45) is 0. The number of nitro groups is 1. The minimum absolute atomic E-state index is 0.247. The van der Waals surface area contributed by atoms with E-state index in [4.69, 9.17) is 9.05 Å². The van der Waals surface area contributed by atoms with Crippen LogP contribution in [0.2, 0.25) is 0 Å². The van der Waals surface area contributed by atoms with Crippen LogP contribution in [0.15, 0.2) is 84.9 Å². The van der Waals surface area contributed by atoms with Crippen LogP contribution in [0.3, 0.4) is 0 Å². The first-order valence-electron chi connectivity index (χ1n) is 8.42. The molecular formula is C20H17FNO5P. The van der Waals surface area contributed by atoms with E-state index in [1.54, 1.807) is 60.7 Å². The Hall–Kier alpha value is -3.18. The van der Waals surface area contributed by atoms with E-state index in [2.05, 4.69) is 0 Å². The van der Waals surface area contributed by atoms with Crippen LogP contribution in [0.1, 0.15) is 11.2 Å². The summed E-state index contributed by atoms with van der Waals surface area (Å²) >= 11 is 0. The quantitative estimate of drug-likeness (QED) is 0.283. The smallest absolute Gasteiger partial charge is 0.415 e. The molecule has 6 nitrogen and oxygen atoms in total. The topological polar surface area (TPSA) is 78.7 Å². The Morgan fingerprint density at radius 3 is 1.75 bits per heavy atom. The van der Waals surface area contributed by atoms with Gasteiger partial charge in [0.05, 0.1) is 0 Å². The molecule has 0 heterocycles. The molecule has 0 spiro atoms. The molecule has 0 saturated heterocycles. The monoisotopic (exact) mass is 401 g/mol. The molecule has 1 unspecified atom stereocenters. The lowest BCUT2D eigenvalue weighted by molar-refractivity contribution is -0.480. The molecule has 1 atom stereocenters. The highest BCUT2D eigenvalue weighted by molar-refractivity contribution is 7.55. The van der Waals surface area contributed by atoms with Gasteiger partial charge in [-0.25, -0.2) is 8.96 Å². The number of rotatable bonds is 8. The Bertz CT molecular complexity index is 921. The van der Waals surface area contributed by atoms with Crippen molar-refractivity contribution < 1.29 is 22.9 Å². The number of hydrogen-bond donors (Lipinski definition) is 0. The van der Waals surface area contributed by atoms with E-state index in [9.17, 15) is 19.1 Å². The second kappa shape index (κ2) is 8.67. The SMILES string of the molecule is O=[N+]([O-])CC(c1ccc(F)cc1)P(=O)(Oc1ccccc1)Oc1ccccc1. The summed E-state index contributed by atoms with van der Waals surface area (Å²) in [6.45, 7) is -0.706. The fourth-order valence-corrected chi connectivity index (χ4v) is 4.61. The van der Waals surface area contributed by atoms with Gasteiger partial charge in [0.2, 0.25) is 6.54 Å². The van der Waals surface area contributed by atoms with Gasteiger partial charge in [-0.3, -0.25) is 10.1 Å². The zero-order valence-corrected chi connectivity index (χ0v) is 15.6. The van der Waals surface area contributed by atoms with Crippen molar-refractivity contribution in [2.75, 3.05) is 6.54 Å². The van der Waals surface area contributed by atoms with E-state index in [-0.39, 0.29) is 17.1 Å². The molecule has 0 aromatic heterocycles. The van der Waals surface area contributed by atoms with Crippen molar-refractivity contribution in [1.82, 2.24) is 0 Å². The van der Waals surface area contributed by atoms with Crippen molar-refractivity contribution in [3.8, 4) is 11.5 Å². The summed E-state index contributed by atoms with van der Waals surface area (Å²) in [5, 5.41) is 11.3. The van der Waals surface area contributed by atoms with Crippen molar-refractivity contribution in [3.05, 3.63) is 106 Å². The maximum atomic E-state index is 13.8. The van der Waals surface area contributed by atoms with Crippen LogP contribution in [-0.4, -0.2) is 11.5 Å². The van der Waals surface area contributed by atoms with Gasteiger partial charge in [0, 0.05) is 4.92 Å². The molecule has 0 aliphatic rings. The second-order valence-electron chi connectivity index (χ2n) is 5.93. The van der Waals surface area contributed by atoms with Gasteiger partial charge in [-0.15, -0.1) is 0 Å². The van der Waals surface area contributed by atoms with E-state index in [1.165, 1.54) is 12.1 Å². The Labute approximate surface area is 161 Å².